The summed E-state index contributed by atoms with van der Waals surface area (Å²) in [5.41, 5.74) is 0.418. The van der Waals surface area contributed by atoms with Gasteiger partial charge in [0, 0.05) is 6.54 Å². The lowest BCUT2D eigenvalue weighted by molar-refractivity contribution is -0.128. The van der Waals surface area contributed by atoms with Crippen LogP contribution >= 0.6 is 11.3 Å². The van der Waals surface area contributed by atoms with Crippen LogP contribution in [0.5, 0.6) is 0 Å². The molecular weight excluding hydrogens is 336 g/mol. The van der Waals surface area contributed by atoms with Gasteiger partial charge in [-0.1, -0.05) is 19.9 Å². The monoisotopic (exact) mass is 354 g/mol. The summed E-state index contributed by atoms with van der Waals surface area (Å²) in [6.07, 6.45) is 2.70. The second-order valence-corrected chi connectivity index (χ2v) is 8.92. The molecule has 0 radical (unpaired) electrons. The van der Waals surface area contributed by atoms with E-state index in [2.05, 4.69) is 0 Å². The molecule has 1 aromatic heterocycles. The highest BCUT2D eigenvalue weighted by Crippen LogP contribution is 2.41. The number of carbonyl (C=O) groups is 2. The molecule has 1 fully saturated rings. The van der Waals surface area contributed by atoms with Gasteiger partial charge in [0.25, 0.3) is 5.91 Å². The number of hydrogen-bond donors (Lipinski definition) is 0. The number of amides is 2. The molecule has 2 aliphatic rings. The molecule has 2 atom stereocenters. The molecule has 2 aliphatic heterocycles. The van der Waals surface area contributed by atoms with Gasteiger partial charge in [-0.2, -0.15) is 0 Å². The topological polar surface area (TPSA) is 74.8 Å². The molecule has 6 nitrogen and oxygen atoms in total. The Morgan fingerprint density at radius 2 is 2.09 bits per heavy atom. The van der Waals surface area contributed by atoms with Crippen LogP contribution in [-0.2, 0) is 14.8 Å². The van der Waals surface area contributed by atoms with Crippen molar-refractivity contribution < 1.29 is 18.0 Å². The van der Waals surface area contributed by atoms with Crippen molar-refractivity contribution in [2.75, 3.05) is 12.8 Å². The number of rotatable bonds is 3. The summed E-state index contributed by atoms with van der Waals surface area (Å²) in [6, 6.07) is 3.03. The predicted octanol–water partition coefficient (Wildman–Crippen LogP) is 1.53. The zero-order valence-corrected chi connectivity index (χ0v) is 14.7. The highest BCUT2D eigenvalue weighted by Gasteiger charge is 2.54. The molecule has 1 saturated heterocycles. The molecule has 0 N–H and O–H groups in total. The minimum atomic E-state index is -3.70. The van der Waals surface area contributed by atoms with E-state index in [4.69, 9.17) is 0 Å². The highest BCUT2D eigenvalue weighted by atomic mass is 32.2. The van der Waals surface area contributed by atoms with Crippen molar-refractivity contribution in [1.29, 1.82) is 0 Å². The Labute approximate surface area is 139 Å². The van der Waals surface area contributed by atoms with E-state index < -0.39 is 27.9 Å². The van der Waals surface area contributed by atoms with E-state index in [1.807, 2.05) is 19.2 Å². The predicted molar refractivity (Wildman–Crippen MR) is 87.2 cm³/mol. The summed E-state index contributed by atoms with van der Waals surface area (Å²) >= 11 is 1.34. The summed E-state index contributed by atoms with van der Waals surface area (Å²) in [6.45, 7) is 4.06. The van der Waals surface area contributed by atoms with Crippen molar-refractivity contribution in [3.63, 3.8) is 0 Å². The lowest BCUT2D eigenvalue weighted by Crippen LogP contribution is -2.42. The minimum Gasteiger partial charge on any atom is -0.325 e. The third-order valence-corrected chi connectivity index (χ3v) is 6.15. The maximum absolute atomic E-state index is 12.7. The molecular formula is C15H18N2O4S2. The first-order valence-electron chi connectivity index (χ1n) is 7.32. The van der Waals surface area contributed by atoms with E-state index in [9.17, 15) is 18.0 Å². The van der Waals surface area contributed by atoms with Gasteiger partial charge >= 0.3 is 0 Å². The number of sulfonamides is 1. The van der Waals surface area contributed by atoms with Crippen LogP contribution in [0, 0.1) is 11.8 Å². The maximum atomic E-state index is 12.7. The van der Waals surface area contributed by atoms with E-state index in [0.29, 0.717) is 17.1 Å². The van der Waals surface area contributed by atoms with Crippen molar-refractivity contribution in [3.8, 4) is 0 Å². The Morgan fingerprint density at radius 1 is 1.39 bits per heavy atom. The van der Waals surface area contributed by atoms with Gasteiger partial charge in [-0.25, -0.2) is 12.7 Å². The SMILES string of the molecule is CC(C)[C@H]1C(=O)N(S(C)(=O)=O)C2=CCN(C(=O)c3cccs3)[C@@H]21. The standard InChI is InChI=1S/C15H18N2O4S2/c1-9(2)12-13-10(17(15(12)19)23(3,20)21)6-7-16(13)14(18)11-5-4-8-22-11/h4-6,8-9,12-13H,7H2,1-3H3/t12-,13+/m1/s1. The average molecular weight is 354 g/mol. The molecule has 8 heteroatoms. The van der Waals surface area contributed by atoms with E-state index in [-0.39, 0.29) is 11.8 Å². The number of nitrogens with zero attached hydrogens (tertiary/aromatic N) is 2. The van der Waals surface area contributed by atoms with Crippen LogP contribution in [0.15, 0.2) is 29.3 Å². The molecule has 0 bridgehead atoms. The summed E-state index contributed by atoms with van der Waals surface area (Å²) in [7, 11) is -3.70. The third-order valence-electron chi connectivity index (χ3n) is 4.24. The summed E-state index contributed by atoms with van der Waals surface area (Å²) in [5.74, 6) is -1.21. The van der Waals surface area contributed by atoms with E-state index in [1.54, 1.807) is 23.1 Å². The first-order chi connectivity index (χ1) is 10.7. The van der Waals surface area contributed by atoms with Gasteiger partial charge in [0.05, 0.1) is 28.8 Å². The highest BCUT2D eigenvalue weighted by molar-refractivity contribution is 7.89. The number of fused-ring (bicyclic) bond motifs is 1. The van der Waals surface area contributed by atoms with Gasteiger partial charge in [-0.3, -0.25) is 9.59 Å². The second kappa shape index (κ2) is 5.45. The molecule has 3 rings (SSSR count). The first-order valence-corrected chi connectivity index (χ1v) is 10.0. The molecule has 1 aromatic rings. The van der Waals surface area contributed by atoms with Crippen LogP contribution in [0.2, 0.25) is 0 Å². The fourth-order valence-corrected chi connectivity index (χ4v) is 5.01. The molecule has 0 aromatic carbocycles. The van der Waals surface area contributed by atoms with Gasteiger partial charge < -0.3 is 4.90 Å². The van der Waals surface area contributed by atoms with Gasteiger partial charge in [-0.05, 0) is 23.4 Å². The van der Waals surface area contributed by atoms with Gasteiger partial charge in [0.1, 0.15) is 0 Å². The van der Waals surface area contributed by atoms with E-state index >= 15 is 0 Å². The summed E-state index contributed by atoms with van der Waals surface area (Å²) < 4.78 is 24.9. The van der Waals surface area contributed by atoms with Crippen LogP contribution in [0.1, 0.15) is 23.5 Å². The van der Waals surface area contributed by atoms with Crippen LogP contribution in [0.25, 0.3) is 0 Å². The molecule has 23 heavy (non-hydrogen) atoms. The third kappa shape index (κ3) is 2.49. The van der Waals surface area contributed by atoms with Crippen molar-refractivity contribution in [2.24, 2.45) is 11.8 Å². The number of hydrogen-bond acceptors (Lipinski definition) is 5. The normalized spacial score (nSPS) is 24.3. The van der Waals surface area contributed by atoms with Crippen molar-refractivity contribution in [1.82, 2.24) is 9.21 Å². The molecule has 0 unspecified atom stereocenters. The smallest absolute Gasteiger partial charge is 0.264 e. The molecule has 3 heterocycles. The Balaban J connectivity index is 2.02. The van der Waals surface area contributed by atoms with Crippen LogP contribution < -0.4 is 0 Å². The Morgan fingerprint density at radius 3 is 2.61 bits per heavy atom. The molecule has 0 aliphatic carbocycles. The van der Waals surface area contributed by atoms with Crippen molar-refractivity contribution in [2.45, 2.75) is 19.9 Å². The first kappa shape index (κ1) is 16.2. The lowest BCUT2D eigenvalue weighted by Gasteiger charge is -2.28. The van der Waals surface area contributed by atoms with Crippen LogP contribution in [-0.4, -0.2) is 48.3 Å². The molecule has 0 saturated carbocycles. The Bertz CT molecular complexity index is 780. The fraction of sp³-hybridized carbons (Fsp3) is 0.467. The largest absolute Gasteiger partial charge is 0.325 e. The van der Waals surface area contributed by atoms with E-state index in [0.717, 1.165) is 10.6 Å². The lowest BCUT2D eigenvalue weighted by atomic mass is 9.89. The van der Waals surface area contributed by atoms with Crippen LogP contribution in [0.3, 0.4) is 0 Å². The number of thiophene rings is 1. The zero-order chi connectivity index (χ0) is 16.9. The number of carbonyl (C=O) groups excluding carboxylic acids is 2. The van der Waals surface area contributed by atoms with Crippen LogP contribution in [0.4, 0.5) is 0 Å². The quantitative estimate of drug-likeness (QED) is 0.825. The Kier molecular flexibility index (Phi) is 3.84. The second-order valence-electron chi connectivity index (χ2n) is 6.14. The van der Waals surface area contributed by atoms with Gasteiger partial charge in [0.2, 0.25) is 15.9 Å². The molecule has 0 spiro atoms. The fourth-order valence-electron chi connectivity index (χ4n) is 3.32. The van der Waals surface area contributed by atoms with E-state index in [1.165, 1.54) is 11.3 Å². The van der Waals surface area contributed by atoms with Gasteiger partial charge in [-0.15, -0.1) is 11.3 Å². The average Bonchev–Trinajstić information content (AvgIpc) is 3.10. The minimum absolute atomic E-state index is 0.0700. The Hall–Kier alpha value is -1.67. The molecule has 124 valence electrons. The van der Waals surface area contributed by atoms with Crippen molar-refractivity contribution in [3.05, 3.63) is 34.2 Å². The summed E-state index contributed by atoms with van der Waals surface area (Å²) in [4.78, 5) is 27.5. The van der Waals surface area contributed by atoms with Gasteiger partial charge in [0.15, 0.2) is 0 Å². The summed E-state index contributed by atoms with van der Waals surface area (Å²) in [5, 5.41) is 1.82. The molecule has 2 amide bonds. The zero-order valence-electron chi connectivity index (χ0n) is 13.1. The van der Waals surface area contributed by atoms with Crippen molar-refractivity contribution >= 4 is 33.2 Å². The maximum Gasteiger partial charge on any atom is 0.264 e.